The fraction of sp³-hybridized carbons (Fsp3) is 0.676. The molecule has 1 aliphatic heterocycles. The van der Waals surface area contributed by atoms with E-state index in [9.17, 15) is 24.0 Å². The van der Waals surface area contributed by atoms with Gasteiger partial charge in [0.05, 0.1) is 25.7 Å². The van der Waals surface area contributed by atoms with Crippen molar-refractivity contribution in [1.29, 1.82) is 0 Å². The topological polar surface area (TPSA) is 128 Å². The molecule has 1 fully saturated rings. The first kappa shape index (κ1) is 37.7. The second-order valence-electron chi connectivity index (χ2n) is 14.0. The lowest BCUT2D eigenvalue weighted by atomic mass is 9.76. The smallest absolute Gasteiger partial charge is 0.328 e. The Kier molecular flexibility index (Phi) is 13.2. The molecule has 0 aromatic heterocycles. The van der Waals surface area contributed by atoms with E-state index in [1.165, 1.54) is 23.8 Å². The van der Waals surface area contributed by atoms with E-state index < -0.39 is 41.0 Å². The molecule has 1 aliphatic rings. The van der Waals surface area contributed by atoms with Crippen molar-refractivity contribution in [2.75, 3.05) is 40.8 Å². The van der Waals surface area contributed by atoms with Gasteiger partial charge in [-0.2, -0.15) is 0 Å². The number of methoxy groups -OCH3 is 1. The zero-order valence-corrected chi connectivity index (χ0v) is 29.1. The lowest BCUT2D eigenvalue weighted by Crippen LogP contribution is -2.62. The highest BCUT2D eigenvalue weighted by Crippen LogP contribution is 2.29. The van der Waals surface area contributed by atoms with Crippen LogP contribution in [0.15, 0.2) is 30.3 Å². The number of likely N-dealkylation sites (N-methyl/N-ethyl adjacent to an activating group) is 2. The van der Waals surface area contributed by atoms with Crippen LogP contribution in [-0.2, 0) is 34.1 Å². The van der Waals surface area contributed by atoms with Crippen molar-refractivity contribution in [3.05, 3.63) is 35.9 Å². The van der Waals surface area contributed by atoms with E-state index in [1.54, 1.807) is 19.0 Å². The van der Waals surface area contributed by atoms with Crippen LogP contribution in [0.2, 0.25) is 0 Å². The van der Waals surface area contributed by atoms with Crippen molar-refractivity contribution in [3.63, 3.8) is 0 Å². The molecule has 1 aromatic carbocycles. The average molecular weight is 630 g/mol. The molecule has 252 valence electrons. The number of carbonyl (C=O) groups is 5. The molecule has 1 saturated heterocycles. The maximum Gasteiger partial charge on any atom is 0.328 e. The maximum absolute atomic E-state index is 14.2. The van der Waals surface area contributed by atoms with Crippen LogP contribution in [-0.4, -0.2) is 109 Å². The van der Waals surface area contributed by atoms with Crippen molar-refractivity contribution < 1.29 is 28.7 Å². The van der Waals surface area contributed by atoms with Crippen molar-refractivity contribution in [2.45, 2.75) is 97.8 Å². The second kappa shape index (κ2) is 15.7. The third kappa shape index (κ3) is 9.28. The lowest BCUT2D eigenvalue weighted by molar-refractivity contribution is -0.152. The predicted octanol–water partition coefficient (Wildman–Crippen LogP) is 2.58. The van der Waals surface area contributed by atoms with Crippen LogP contribution in [0, 0.1) is 11.3 Å². The van der Waals surface area contributed by atoms with Crippen LogP contribution in [0.1, 0.15) is 73.8 Å². The van der Waals surface area contributed by atoms with Crippen LogP contribution >= 0.6 is 0 Å². The molecule has 0 aliphatic carbocycles. The van der Waals surface area contributed by atoms with Gasteiger partial charge in [0.1, 0.15) is 12.1 Å². The Hall–Kier alpha value is -3.47. The Morgan fingerprint density at radius 2 is 1.62 bits per heavy atom. The number of nitrogens with zero attached hydrogens (tertiary/aromatic N) is 3. The first-order chi connectivity index (χ1) is 20.9. The summed E-state index contributed by atoms with van der Waals surface area (Å²) in [7, 11) is 4.70. The molecule has 0 saturated carbocycles. The van der Waals surface area contributed by atoms with E-state index >= 15 is 0 Å². The van der Waals surface area contributed by atoms with Gasteiger partial charge in [-0.1, -0.05) is 78.8 Å². The normalized spacial score (nSPS) is 17.3. The summed E-state index contributed by atoms with van der Waals surface area (Å²) in [5, 5.41) is 6.20. The quantitative estimate of drug-likeness (QED) is 0.321. The van der Waals surface area contributed by atoms with Gasteiger partial charge in [0.25, 0.3) is 0 Å². The zero-order valence-electron chi connectivity index (χ0n) is 29.1. The van der Waals surface area contributed by atoms with Gasteiger partial charge in [0.15, 0.2) is 0 Å². The summed E-state index contributed by atoms with van der Waals surface area (Å²) < 4.78 is 4.87. The SMILES string of the molecule is CNC(C(=O)N[C@H](C(=O)N(C)C(CN(CC(=O)N1CCCC1C(=O)OC)C(C)=O)C(C)C)C(C)(C)C)C(C)(C)c1ccccc1. The van der Waals surface area contributed by atoms with Crippen molar-refractivity contribution >= 4 is 29.6 Å². The highest BCUT2D eigenvalue weighted by Gasteiger charge is 2.42. The molecule has 2 rings (SSSR count). The van der Waals surface area contributed by atoms with Gasteiger partial charge in [0, 0.05) is 32.5 Å². The van der Waals surface area contributed by atoms with E-state index in [0.29, 0.717) is 19.4 Å². The summed E-state index contributed by atoms with van der Waals surface area (Å²) in [5.74, 6) is -1.79. The number of esters is 1. The number of carbonyl (C=O) groups excluding carboxylic acids is 5. The van der Waals surface area contributed by atoms with Gasteiger partial charge in [-0.15, -0.1) is 0 Å². The van der Waals surface area contributed by atoms with Crippen molar-refractivity contribution in [1.82, 2.24) is 25.3 Å². The minimum absolute atomic E-state index is 0.0797. The van der Waals surface area contributed by atoms with Gasteiger partial charge < -0.3 is 30.1 Å². The van der Waals surface area contributed by atoms with Gasteiger partial charge in [-0.3, -0.25) is 19.2 Å². The monoisotopic (exact) mass is 629 g/mol. The van der Waals surface area contributed by atoms with E-state index in [1.807, 2.05) is 78.8 Å². The first-order valence-corrected chi connectivity index (χ1v) is 15.8. The summed E-state index contributed by atoms with van der Waals surface area (Å²) in [4.78, 5) is 70.8. The standard InChI is InChI=1S/C34H55N5O6/c1-22(2)26(20-38(23(3)40)21-27(41)39-19-15-18-25(39)32(44)45-11)37(10)31(43)29(33(4,5)6)36-30(42)28(35-9)34(7,8)24-16-13-12-14-17-24/h12-14,16-17,22,25-26,28-29,35H,15,18-21H2,1-11H3,(H,36,42)/t25?,26?,28?,29-/m1/s1. The molecule has 0 spiro atoms. The molecule has 0 bridgehead atoms. The number of hydrogen-bond donors (Lipinski definition) is 2. The number of benzene rings is 1. The van der Waals surface area contributed by atoms with Crippen LogP contribution < -0.4 is 10.6 Å². The molecule has 4 atom stereocenters. The lowest BCUT2D eigenvalue weighted by Gasteiger charge is -2.41. The molecule has 2 N–H and O–H groups in total. The largest absolute Gasteiger partial charge is 0.467 e. The Bertz CT molecular complexity index is 1200. The van der Waals surface area contributed by atoms with Crippen LogP contribution in [0.25, 0.3) is 0 Å². The number of hydrogen-bond acceptors (Lipinski definition) is 7. The Morgan fingerprint density at radius 1 is 1.02 bits per heavy atom. The highest BCUT2D eigenvalue weighted by atomic mass is 16.5. The van der Waals surface area contributed by atoms with Crippen LogP contribution in [0.5, 0.6) is 0 Å². The van der Waals surface area contributed by atoms with E-state index in [0.717, 1.165) is 5.56 Å². The molecule has 4 amide bonds. The fourth-order valence-corrected chi connectivity index (χ4v) is 6.11. The van der Waals surface area contributed by atoms with Gasteiger partial charge in [0.2, 0.25) is 23.6 Å². The molecule has 45 heavy (non-hydrogen) atoms. The van der Waals surface area contributed by atoms with E-state index in [2.05, 4.69) is 10.6 Å². The minimum atomic E-state index is -0.864. The predicted molar refractivity (Wildman–Crippen MR) is 174 cm³/mol. The average Bonchev–Trinajstić information content (AvgIpc) is 3.47. The van der Waals surface area contributed by atoms with Gasteiger partial charge in [-0.25, -0.2) is 4.79 Å². The summed E-state index contributed by atoms with van der Waals surface area (Å²) in [6.07, 6.45) is 1.19. The molecular weight excluding hydrogens is 574 g/mol. The Morgan fingerprint density at radius 3 is 2.11 bits per heavy atom. The summed E-state index contributed by atoms with van der Waals surface area (Å²) >= 11 is 0. The van der Waals surface area contributed by atoms with Gasteiger partial charge in [-0.05, 0) is 36.8 Å². The maximum atomic E-state index is 14.2. The number of ether oxygens (including phenoxy) is 1. The zero-order chi connectivity index (χ0) is 34.3. The first-order valence-electron chi connectivity index (χ1n) is 15.8. The molecular formula is C34H55N5O6. The van der Waals surface area contributed by atoms with Gasteiger partial charge >= 0.3 is 5.97 Å². The minimum Gasteiger partial charge on any atom is -0.467 e. The molecule has 0 radical (unpaired) electrons. The molecule has 1 heterocycles. The molecule has 1 aromatic rings. The molecule has 11 nitrogen and oxygen atoms in total. The third-order valence-electron chi connectivity index (χ3n) is 9.03. The van der Waals surface area contributed by atoms with Crippen molar-refractivity contribution in [2.24, 2.45) is 11.3 Å². The number of amides is 4. The number of likely N-dealkylation sites (tertiary alicyclic amines) is 1. The van der Waals surface area contributed by atoms with Crippen LogP contribution in [0.4, 0.5) is 0 Å². The summed E-state index contributed by atoms with van der Waals surface area (Å²) in [6, 6.07) is 7.16. The summed E-state index contributed by atoms with van der Waals surface area (Å²) in [6.45, 7) is 15.3. The highest BCUT2D eigenvalue weighted by molar-refractivity contribution is 5.91. The third-order valence-corrected chi connectivity index (χ3v) is 9.03. The summed E-state index contributed by atoms with van der Waals surface area (Å²) in [5.41, 5.74) is -0.220. The van der Waals surface area contributed by atoms with E-state index in [-0.39, 0.29) is 42.6 Å². The Balaban J connectivity index is 2.29. The van der Waals surface area contributed by atoms with E-state index in [4.69, 9.17) is 4.74 Å². The van der Waals surface area contributed by atoms with Crippen LogP contribution in [0.3, 0.4) is 0 Å². The molecule has 11 heteroatoms. The number of nitrogens with one attached hydrogen (secondary N) is 2. The number of rotatable bonds is 13. The fourth-order valence-electron chi connectivity index (χ4n) is 6.11. The van der Waals surface area contributed by atoms with Crippen molar-refractivity contribution in [3.8, 4) is 0 Å². The Labute approximate surface area is 269 Å². The second-order valence-corrected chi connectivity index (χ2v) is 14.0. The molecule has 3 unspecified atom stereocenters.